The summed E-state index contributed by atoms with van der Waals surface area (Å²) < 4.78 is 0. The second-order valence-electron chi connectivity index (χ2n) is 11.9. The molecular formula is C25H43NO4. The highest BCUT2D eigenvalue weighted by atomic mass is 16.3. The number of hydrogen-bond acceptors (Lipinski definition) is 4. The van der Waals surface area contributed by atoms with Crippen LogP contribution in [0.1, 0.15) is 85.0 Å². The number of primary amides is 1. The Labute approximate surface area is 181 Å². The molecule has 172 valence electrons. The average Bonchev–Trinajstić information content (AvgIpc) is 3.02. The molecule has 0 aromatic carbocycles. The summed E-state index contributed by atoms with van der Waals surface area (Å²) in [5, 5.41) is 33.1. The van der Waals surface area contributed by atoms with E-state index in [1.165, 1.54) is 0 Å². The smallest absolute Gasteiger partial charge is 0.217 e. The molecule has 0 aliphatic heterocycles. The highest BCUT2D eigenvalue weighted by Crippen LogP contribution is 2.68. The minimum absolute atomic E-state index is 0.122. The molecule has 4 saturated carbocycles. The van der Waals surface area contributed by atoms with Crippen molar-refractivity contribution in [3.05, 3.63) is 0 Å². The number of rotatable bonds is 5. The number of aliphatic hydroxyl groups is 3. The van der Waals surface area contributed by atoms with Gasteiger partial charge in [-0.05, 0) is 104 Å². The van der Waals surface area contributed by atoms with Gasteiger partial charge >= 0.3 is 0 Å². The number of carbonyl (C=O) groups excluding carboxylic acids is 1. The summed E-state index contributed by atoms with van der Waals surface area (Å²) in [6, 6.07) is 0. The molecule has 0 heterocycles. The molecule has 5 nitrogen and oxygen atoms in total. The van der Waals surface area contributed by atoms with E-state index in [0.717, 1.165) is 57.8 Å². The van der Waals surface area contributed by atoms with Crippen molar-refractivity contribution in [2.24, 2.45) is 52.1 Å². The number of nitrogens with two attached hydrogens (primary N) is 1. The van der Waals surface area contributed by atoms with E-state index in [1.807, 2.05) is 0 Å². The minimum atomic E-state index is -0.343. The van der Waals surface area contributed by atoms with E-state index in [2.05, 4.69) is 20.8 Å². The summed E-state index contributed by atoms with van der Waals surface area (Å²) in [6.45, 7) is 6.93. The van der Waals surface area contributed by atoms with Gasteiger partial charge in [-0.3, -0.25) is 4.79 Å². The van der Waals surface area contributed by atoms with Crippen molar-refractivity contribution in [2.45, 2.75) is 103 Å². The van der Waals surface area contributed by atoms with Crippen LogP contribution in [0.25, 0.3) is 0 Å². The van der Waals surface area contributed by atoms with Crippen LogP contribution in [-0.2, 0) is 4.79 Å². The zero-order valence-corrected chi connectivity index (χ0v) is 19.1. The molecule has 0 radical (unpaired) electrons. The van der Waals surface area contributed by atoms with Gasteiger partial charge < -0.3 is 21.1 Å². The van der Waals surface area contributed by atoms with E-state index in [9.17, 15) is 20.1 Å². The fourth-order valence-corrected chi connectivity index (χ4v) is 8.93. The summed E-state index contributed by atoms with van der Waals surface area (Å²) in [7, 11) is 0. The van der Waals surface area contributed by atoms with E-state index in [4.69, 9.17) is 5.73 Å². The third-order valence-corrected chi connectivity index (χ3v) is 10.6. The van der Waals surface area contributed by atoms with Crippen molar-refractivity contribution in [1.82, 2.24) is 0 Å². The molecule has 4 aliphatic carbocycles. The van der Waals surface area contributed by atoms with Crippen molar-refractivity contribution in [3.63, 3.8) is 0 Å². The third kappa shape index (κ3) is 3.44. The number of aliphatic hydroxyl groups excluding tert-OH is 3. The maximum Gasteiger partial charge on any atom is 0.217 e. The van der Waals surface area contributed by atoms with Crippen LogP contribution in [-0.4, -0.2) is 39.5 Å². The van der Waals surface area contributed by atoms with E-state index in [0.29, 0.717) is 36.0 Å². The van der Waals surface area contributed by atoms with Gasteiger partial charge in [0.15, 0.2) is 0 Å². The second kappa shape index (κ2) is 8.04. The zero-order chi connectivity index (χ0) is 21.8. The van der Waals surface area contributed by atoms with Gasteiger partial charge in [0, 0.05) is 6.42 Å². The van der Waals surface area contributed by atoms with Crippen LogP contribution in [0.5, 0.6) is 0 Å². The van der Waals surface area contributed by atoms with Gasteiger partial charge in [-0.25, -0.2) is 0 Å². The Kier molecular flexibility index (Phi) is 6.04. The molecular weight excluding hydrogens is 378 g/mol. The monoisotopic (exact) mass is 421 g/mol. The first-order chi connectivity index (χ1) is 14.1. The maximum atomic E-state index is 11.5. The van der Waals surface area contributed by atoms with E-state index < -0.39 is 0 Å². The van der Waals surface area contributed by atoms with Crippen LogP contribution in [0.4, 0.5) is 0 Å². The highest BCUT2D eigenvalue weighted by molar-refractivity contribution is 5.73. The third-order valence-electron chi connectivity index (χ3n) is 10.6. The number of amides is 1. The summed E-state index contributed by atoms with van der Waals surface area (Å²) in [4.78, 5) is 11.1. The van der Waals surface area contributed by atoms with Gasteiger partial charge in [0.25, 0.3) is 0 Å². The standard InChI is InChI=1S/C25H43NO4/c1-14(5-4-6-22(26)30)17-7-8-18-23-19(13-21(29)25(17,18)3)24(2)10-9-16(27)11-15(24)12-20(23)28/h14-21,23,27-29H,4-13H2,1-3H3,(H2,26,30)/t14-,15?,16+,17-,18+,19+,20-,21+,23+,24+,25-/m1/s1. The molecule has 0 bridgehead atoms. The van der Waals surface area contributed by atoms with Crippen molar-refractivity contribution >= 4 is 5.91 Å². The fourth-order valence-electron chi connectivity index (χ4n) is 8.93. The molecule has 1 unspecified atom stereocenters. The van der Waals surface area contributed by atoms with Crippen LogP contribution in [0.3, 0.4) is 0 Å². The Hall–Kier alpha value is -0.650. The largest absolute Gasteiger partial charge is 0.393 e. The second-order valence-corrected chi connectivity index (χ2v) is 11.9. The van der Waals surface area contributed by atoms with Crippen LogP contribution in [0.15, 0.2) is 0 Å². The minimum Gasteiger partial charge on any atom is -0.393 e. The first-order valence-electron chi connectivity index (χ1n) is 12.4. The van der Waals surface area contributed by atoms with Crippen molar-refractivity contribution in [1.29, 1.82) is 0 Å². The average molecular weight is 422 g/mol. The normalized spacial score (nSPS) is 51.5. The Morgan fingerprint density at radius 2 is 1.80 bits per heavy atom. The molecule has 11 atom stereocenters. The first kappa shape index (κ1) is 22.5. The highest BCUT2D eigenvalue weighted by Gasteiger charge is 2.65. The van der Waals surface area contributed by atoms with E-state index in [-0.39, 0.29) is 41.0 Å². The molecule has 0 aromatic rings. The van der Waals surface area contributed by atoms with Crippen LogP contribution in [0.2, 0.25) is 0 Å². The number of fused-ring (bicyclic) bond motifs is 5. The lowest BCUT2D eigenvalue weighted by Crippen LogP contribution is -2.62. The molecule has 0 saturated heterocycles. The van der Waals surface area contributed by atoms with Gasteiger partial charge in [-0.1, -0.05) is 20.8 Å². The SMILES string of the molecule is C[C@H](CCCC(N)=O)[C@H]1CC[C@H]2[C@@H]3[C@H](O)CC4C[C@@H](O)CC[C@]4(C)[C@H]3C[C@H](O)[C@]12C. The summed E-state index contributed by atoms with van der Waals surface area (Å²) in [5.41, 5.74) is 5.29. The van der Waals surface area contributed by atoms with E-state index >= 15 is 0 Å². The van der Waals surface area contributed by atoms with Gasteiger partial charge in [0.05, 0.1) is 18.3 Å². The van der Waals surface area contributed by atoms with Gasteiger partial charge in [0.1, 0.15) is 0 Å². The topological polar surface area (TPSA) is 104 Å². The molecule has 1 amide bonds. The molecule has 4 aliphatic rings. The number of carbonyl (C=O) groups is 1. The van der Waals surface area contributed by atoms with Crippen molar-refractivity contribution < 1.29 is 20.1 Å². The fraction of sp³-hybridized carbons (Fsp3) is 0.960. The summed E-state index contributed by atoms with van der Waals surface area (Å²) in [5.74, 6) is 1.96. The molecule has 4 fully saturated rings. The Morgan fingerprint density at radius 1 is 1.07 bits per heavy atom. The van der Waals surface area contributed by atoms with Crippen LogP contribution < -0.4 is 5.73 Å². The quantitative estimate of drug-likeness (QED) is 0.547. The molecule has 0 aromatic heterocycles. The first-order valence-corrected chi connectivity index (χ1v) is 12.4. The lowest BCUT2D eigenvalue weighted by Gasteiger charge is -2.63. The molecule has 4 rings (SSSR count). The van der Waals surface area contributed by atoms with Gasteiger partial charge in [0.2, 0.25) is 5.91 Å². The van der Waals surface area contributed by atoms with E-state index in [1.54, 1.807) is 0 Å². The number of hydrogen-bond donors (Lipinski definition) is 4. The molecule has 0 spiro atoms. The predicted molar refractivity (Wildman–Crippen MR) is 116 cm³/mol. The Morgan fingerprint density at radius 3 is 2.50 bits per heavy atom. The van der Waals surface area contributed by atoms with Crippen LogP contribution >= 0.6 is 0 Å². The van der Waals surface area contributed by atoms with Gasteiger partial charge in [-0.2, -0.15) is 0 Å². The predicted octanol–water partition coefficient (Wildman–Crippen LogP) is 3.24. The van der Waals surface area contributed by atoms with Crippen molar-refractivity contribution in [2.75, 3.05) is 0 Å². The lowest BCUT2D eigenvalue weighted by atomic mass is 9.43. The van der Waals surface area contributed by atoms with Crippen molar-refractivity contribution in [3.8, 4) is 0 Å². The Bertz CT molecular complexity index is 655. The maximum absolute atomic E-state index is 11.5. The Balaban J connectivity index is 1.56. The summed E-state index contributed by atoms with van der Waals surface area (Å²) >= 11 is 0. The zero-order valence-electron chi connectivity index (χ0n) is 19.1. The lowest BCUT2D eigenvalue weighted by molar-refractivity contribution is -0.207. The summed E-state index contributed by atoms with van der Waals surface area (Å²) in [6.07, 6.45) is 7.76. The van der Waals surface area contributed by atoms with Gasteiger partial charge in [-0.15, -0.1) is 0 Å². The van der Waals surface area contributed by atoms with Crippen LogP contribution in [0, 0.1) is 46.3 Å². The molecule has 5 N–H and O–H groups in total. The molecule has 30 heavy (non-hydrogen) atoms. The molecule has 5 heteroatoms.